The lowest BCUT2D eigenvalue weighted by atomic mass is 10.2. The van der Waals surface area contributed by atoms with E-state index >= 15 is 0 Å². The number of anilines is 2. The molecule has 1 N–H and O–H groups in total. The second-order valence-corrected chi connectivity index (χ2v) is 6.90. The van der Waals surface area contributed by atoms with Gasteiger partial charge in [-0.15, -0.1) is 0 Å². The average Bonchev–Trinajstić information content (AvgIpc) is 2.88. The van der Waals surface area contributed by atoms with Crippen molar-refractivity contribution in [2.45, 2.75) is 0 Å². The molecule has 0 atom stereocenters. The molecular weight excluding hydrogens is 353 g/mol. The van der Waals surface area contributed by atoms with Gasteiger partial charge in [0.05, 0.1) is 17.3 Å². The number of thioether (sulfide) groups is 1. The van der Waals surface area contributed by atoms with Crippen LogP contribution in [0.25, 0.3) is 6.08 Å². The Balaban J connectivity index is 1.71. The smallest absolute Gasteiger partial charge is 0.295 e. The molecule has 0 bridgehead atoms. The first kappa shape index (κ1) is 18.0. The molecule has 2 aromatic rings. The van der Waals surface area contributed by atoms with Crippen molar-refractivity contribution < 1.29 is 14.0 Å². The van der Waals surface area contributed by atoms with Gasteiger partial charge in [0.1, 0.15) is 5.82 Å². The molecule has 134 valence electrons. The second-order valence-electron chi connectivity index (χ2n) is 5.91. The highest BCUT2D eigenvalue weighted by atomic mass is 32.2. The van der Waals surface area contributed by atoms with Crippen molar-refractivity contribution in [3.8, 4) is 0 Å². The van der Waals surface area contributed by atoms with Crippen molar-refractivity contribution in [1.82, 2.24) is 4.90 Å². The van der Waals surface area contributed by atoms with Crippen LogP contribution < -0.4 is 10.2 Å². The number of rotatable bonds is 5. The number of halogens is 1. The first-order valence-corrected chi connectivity index (χ1v) is 8.78. The molecular formula is C19H18FN3O2S. The van der Waals surface area contributed by atoms with E-state index in [1.165, 1.54) is 6.07 Å². The van der Waals surface area contributed by atoms with Crippen LogP contribution in [0.4, 0.5) is 20.6 Å². The molecule has 1 fully saturated rings. The summed E-state index contributed by atoms with van der Waals surface area (Å²) in [6, 6.07) is 13.8. The third kappa shape index (κ3) is 3.88. The molecule has 1 heterocycles. The summed E-state index contributed by atoms with van der Waals surface area (Å²) < 4.78 is 13.6. The van der Waals surface area contributed by atoms with Gasteiger partial charge >= 0.3 is 0 Å². The zero-order valence-electron chi connectivity index (χ0n) is 14.4. The SMILES string of the molecule is CN(C)c1ccc(C=C2SC(=O)N(CNc3ccccc3F)C2=O)cc1. The number of para-hydroxylation sites is 1. The van der Waals surface area contributed by atoms with E-state index in [1.54, 1.807) is 24.3 Å². The van der Waals surface area contributed by atoms with Crippen LogP contribution in [0.5, 0.6) is 0 Å². The van der Waals surface area contributed by atoms with E-state index in [9.17, 15) is 14.0 Å². The molecule has 26 heavy (non-hydrogen) atoms. The maximum absolute atomic E-state index is 13.6. The zero-order valence-corrected chi connectivity index (χ0v) is 15.2. The van der Waals surface area contributed by atoms with Gasteiger partial charge in [-0.05, 0) is 47.7 Å². The number of nitrogens with one attached hydrogen (secondary N) is 1. The summed E-state index contributed by atoms with van der Waals surface area (Å²) in [4.78, 5) is 28.0. The zero-order chi connectivity index (χ0) is 18.7. The summed E-state index contributed by atoms with van der Waals surface area (Å²) in [7, 11) is 3.89. The summed E-state index contributed by atoms with van der Waals surface area (Å²) in [5, 5.41) is 2.40. The number of carbonyl (C=O) groups excluding carboxylic acids is 2. The molecule has 0 radical (unpaired) electrons. The fourth-order valence-electron chi connectivity index (χ4n) is 2.43. The summed E-state index contributed by atoms with van der Waals surface area (Å²) >= 11 is 0.881. The van der Waals surface area contributed by atoms with E-state index in [4.69, 9.17) is 0 Å². The molecule has 1 aliphatic rings. The number of hydrogen-bond donors (Lipinski definition) is 1. The minimum Gasteiger partial charge on any atom is -0.378 e. The maximum Gasteiger partial charge on any atom is 0.295 e. The van der Waals surface area contributed by atoms with Crippen molar-refractivity contribution in [2.24, 2.45) is 0 Å². The first-order valence-electron chi connectivity index (χ1n) is 7.97. The lowest BCUT2D eigenvalue weighted by Gasteiger charge is -2.14. The van der Waals surface area contributed by atoms with Crippen molar-refractivity contribution in [2.75, 3.05) is 31.0 Å². The van der Waals surface area contributed by atoms with Gasteiger partial charge < -0.3 is 10.2 Å². The lowest BCUT2D eigenvalue weighted by molar-refractivity contribution is -0.122. The molecule has 0 spiro atoms. The van der Waals surface area contributed by atoms with Gasteiger partial charge in [0.15, 0.2) is 0 Å². The van der Waals surface area contributed by atoms with E-state index in [0.717, 1.165) is 27.9 Å². The van der Waals surface area contributed by atoms with Crippen molar-refractivity contribution in [1.29, 1.82) is 0 Å². The van der Waals surface area contributed by atoms with Gasteiger partial charge in [0, 0.05) is 19.8 Å². The average molecular weight is 371 g/mol. The number of amides is 2. The largest absolute Gasteiger partial charge is 0.378 e. The van der Waals surface area contributed by atoms with E-state index in [-0.39, 0.29) is 23.5 Å². The molecule has 7 heteroatoms. The molecule has 0 aromatic heterocycles. The van der Waals surface area contributed by atoms with Gasteiger partial charge in [0.2, 0.25) is 0 Å². The second kappa shape index (κ2) is 7.61. The van der Waals surface area contributed by atoms with Gasteiger partial charge in [-0.25, -0.2) is 4.39 Å². The molecule has 0 saturated carbocycles. The number of imide groups is 1. The molecule has 2 aromatic carbocycles. The topological polar surface area (TPSA) is 52.7 Å². The predicted molar refractivity (Wildman–Crippen MR) is 103 cm³/mol. The van der Waals surface area contributed by atoms with Crippen LogP contribution in [0.1, 0.15) is 5.56 Å². The van der Waals surface area contributed by atoms with Crippen LogP contribution in [-0.2, 0) is 4.79 Å². The molecule has 2 amide bonds. The number of benzene rings is 2. The lowest BCUT2D eigenvalue weighted by Crippen LogP contribution is -2.33. The Kier molecular flexibility index (Phi) is 5.27. The fourth-order valence-corrected chi connectivity index (χ4v) is 3.26. The van der Waals surface area contributed by atoms with Crippen molar-refractivity contribution in [3.05, 3.63) is 64.8 Å². The third-order valence-electron chi connectivity index (χ3n) is 3.88. The first-order chi connectivity index (χ1) is 12.5. The molecule has 0 aliphatic carbocycles. The molecule has 5 nitrogen and oxygen atoms in total. The maximum atomic E-state index is 13.6. The van der Waals surface area contributed by atoms with E-state index < -0.39 is 5.82 Å². The Bertz CT molecular complexity index is 865. The Hall–Kier alpha value is -2.80. The highest BCUT2D eigenvalue weighted by Crippen LogP contribution is 2.32. The normalized spacial score (nSPS) is 15.7. The minimum atomic E-state index is -0.434. The van der Waals surface area contributed by atoms with Gasteiger partial charge in [0.25, 0.3) is 11.1 Å². The molecule has 0 unspecified atom stereocenters. The number of hydrogen-bond acceptors (Lipinski definition) is 5. The van der Waals surface area contributed by atoms with Crippen molar-refractivity contribution >= 4 is 40.4 Å². The van der Waals surface area contributed by atoms with Crippen molar-refractivity contribution in [3.63, 3.8) is 0 Å². The standard InChI is InChI=1S/C19H18FN3O2S/c1-22(2)14-9-7-13(8-10-14)11-17-18(24)23(19(25)26-17)12-21-16-6-4-3-5-15(16)20/h3-11,21H,12H2,1-2H3. The minimum absolute atomic E-state index is 0.0808. The van der Waals surface area contributed by atoms with Crippen LogP contribution >= 0.6 is 11.8 Å². The summed E-state index contributed by atoms with van der Waals surface area (Å²) in [6.07, 6.45) is 1.69. The van der Waals surface area contributed by atoms with Crippen LogP contribution in [0.3, 0.4) is 0 Å². The number of carbonyl (C=O) groups is 2. The molecule has 1 aliphatic heterocycles. The number of nitrogens with zero attached hydrogens (tertiary/aromatic N) is 2. The Morgan fingerprint density at radius 3 is 2.46 bits per heavy atom. The van der Waals surface area contributed by atoms with Crippen LogP contribution in [0.2, 0.25) is 0 Å². The van der Waals surface area contributed by atoms with E-state index in [2.05, 4.69) is 5.32 Å². The van der Waals surface area contributed by atoms with Gasteiger partial charge in [-0.3, -0.25) is 14.5 Å². The summed E-state index contributed by atoms with van der Waals surface area (Å²) in [6.45, 7) is -0.0808. The van der Waals surface area contributed by atoms with Crippen LogP contribution in [-0.4, -0.2) is 36.8 Å². The predicted octanol–water partition coefficient (Wildman–Crippen LogP) is 4.00. The summed E-state index contributed by atoms with van der Waals surface area (Å²) in [5.74, 6) is -0.823. The van der Waals surface area contributed by atoms with Crippen LogP contribution in [0, 0.1) is 5.82 Å². The highest BCUT2D eigenvalue weighted by Gasteiger charge is 2.34. The Morgan fingerprint density at radius 1 is 1.12 bits per heavy atom. The Labute approximate surface area is 155 Å². The molecule has 1 saturated heterocycles. The monoisotopic (exact) mass is 371 g/mol. The quantitative estimate of drug-likeness (QED) is 0.805. The van der Waals surface area contributed by atoms with Gasteiger partial charge in [-0.1, -0.05) is 24.3 Å². The third-order valence-corrected chi connectivity index (χ3v) is 4.79. The summed E-state index contributed by atoms with van der Waals surface area (Å²) in [5.41, 5.74) is 2.13. The van der Waals surface area contributed by atoms with E-state index in [1.807, 2.05) is 43.3 Å². The highest BCUT2D eigenvalue weighted by molar-refractivity contribution is 8.18. The fraction of sp³-hybridized carbons (Fsp3) is 0.158. The Morgan fingerprint density at radius 2 is 1.81 bits per heavy atom. The van der Waals surface area contributed by atoms with Gasteiger partial charge in [-0.2, -0.15) is 0 Å². The van der Waals surface area contributed by atoms with E-state index in [0.29, 0.717) is 4.91 Å². The van der Waals surface area contributed by atoms with Crippen LogP contribution in [0.15, 0.2) is 53.4 Å². The molecule has 3 rings (SSSR count).